The van der Waals surface area contributed by atoms with Crippen LogP contribution in [-0.2, 0) is 20.1 Å². The molecule has 5 nitrogen and oxygen atoms in total. The van der Waals surface area contributed by atoms with E-state index in [2.05, 4.69) is 0 Å². The fourth-order valence-electron chi connectivity index (χ4n) is 2.38. The first-order chi connectivity index (χ1) is 11.3. The Balaban J connectivity index is 1.79. The number of rotatable bonds is 4. The summed E-state index contributed by atoms with van der Waals surface area (Å²) in [6.45, 7) is 1.22. The van der Waals surface area contributed by atoms with Gasteiger partial charge >= 0.3 is 0 Å². The molecule has 0 aliphatic carbocycles. The van der Waals surface area contributed by atoms with E-state index in [1.807, 2.05) is 19.1 Å². The minimum Gasteiger partial charge on any atom is -0.370 e. The van der Waals surface area contributed by atoms with Gasteiger partial charge in [-0.2, -0.15) is 8.42 Å². The van der Waals surface area contributed by atoms with Crippen LogP contribution in [0.4, 0.5) is 0 Å². The van der Waals surface area contributed by atoms with Gasteiger partial charge in [0.05, 0.1) is 4.90 Å². The van der Waals surface area contributed by atoms with Crippen LogP contribution in [0.5, 0.6) is 0 Å². The monoisotopic (exact) mass is 364 g/mol. The van der Waals surface area contributed by atoms with E-state index in [-0.39, 0.29) is 4.90 Å². The molecule has 1 heterocycles. The van der Waals surface area contributed by atoms with Gasteiger partial charge in [0.2, 0.25) is 5.78 Å². The van der Waals surface area contributed by atoms with Crippen LogP contribution in [0.3, 0.4) is 0 Å². The zero-order valence-corrected chi connectivity index (χ0v) is 14.6. The van der Waals surface area contributed by atoms with Crippen LogP contribution in [-0.4, -0.2) is 30.8 Å². The second-order valence-corrected chi connectivity index (χ2v) is 8.46. The zero-order valence-electron chi connectivity index (χ0n) is 12.9. The second kappa shape index (κ2) is 6.33. The molecule has 2 aromatic carbocycles. The first-order valence-electron chi connectivity index (χ1n) is 7.27. The summed E-state index contributed by atoms with van der Waals surface area (Å²) < 4.78 is 29.4. The van der Waals surface area contributed by atoms with Crippen molar-refractivity contribution in [2.45, 2.75) is 22.5 Å². The number of aryl methyl sites for hydroxylation is 1. The standard InChI is InChI=1S/C17H16O5S2/c1-12-6-8-14(9-7-12)24(20,21)22-11-17(19)16(18)15-5-3-2-4-13(15)10-23-17/h2-9,19H,10-11H2,1H3. The van der Waals surface area contributed by atoms with Crippen molar-refractivity contribution in [2.75, 3.05) is 6.61 Å². The molecule has 0 saturated heterocycles. The number of thioether (sulfide) groups is 1. The molecule has 7 heteroatoms. The molecular formula is C17H16O5S2. The minimum atomic E-state index is -4.04. The summed E-state index contributed by atoms with van der Waals surface area (Å²) in [5, 5.41) is 10.6. The number of aliphatic hydroxyl groups is 1. The van der Waals surface area contributed by atoms with E-state index in [9.17, 15) is 18.3 Å². The van der Waals surface area contributed by atoms with E-state index in [0.717, 1.165) is 22.9 Å². The van der Waals surface area contributed by atoms with Gasteiger partial charge < -0.3 is 5.11 Å². The SMILES string of the molecule is Cc1ccc(S(=O)(=O)OCC2(O)SCc3ccccc3C2=O)cc1. The lowest BCUT2D eigenvalue weighted by Crippen LogP contribution is -2.43. The van der Waals surface area contributed by atoms with E-state index in [0.29, 0.717) is 11.3 Å². The van der Waals surface area contributed by atoms with Crippen molar-refractivity contribution in [3.05, 3.63) is 65.2 Å². The number of benzene rings is 2. The smallest absolute Gasteiger partial charge is 0.297 e. The summed E-state index contributed by atoms with van der Waals surface area (Å²) >= 11 is 0.971. The van der Waals surface area contributed by atoms with Crippen molar-refractivity contribution in [1.82, 2.24) is 0 Å². The molecule has 1 atom stereocenters. The fourth-order valence-corrected chi connectivity index (χ4v) is 4.41. The number of Topliss-reactive ketones (excluding diaryl/α,β-unsaturated/α-hetero) is 1. The zero-order chi connectivity index (χ0) is 17.4. The van der Waals surface area contributed by atoms with Gasteiger partial charge in [0, 0.05) is 11.3 Å². The molecule has 0 amide bonds. The van der Waals surface area contributed by atoms with Gasteiger partial charge in [-0.15, -0.1) is 11.8 Å². The molecule has 24 heavy (non-hydrogen) atoms. The predicted octanol–water partition coefficient (Wildman–Crippen LogP) is 2.52. The highest BCUT2D eigenvalue weighted by Gasteiger charge is 2.43. The van der Waals surface area contributed by atoms with Crippen molar-refractivity contribution < 1.29 is 22.5 Å². The average Bonchev–Trinajstić information content (AvgIpc) is 2.58. The normalized spacial score (nSPS) is 20.7. The first-order valence-corrected chi connectivity index (χ1v) is 9.66. The van der Waals surface area contributed by atoms with Crippen LogP contribution in [0.15, 0.2) is 53.4 Å². The lowest BCUT2D eigenvalue weighted by molar-refractivity contribution is 0.0505. The van der Waals surface area contributed by atoms with Gasteiger partial charge in [-0.25, -0.2) is 0 Å². The Morgan fingerprint density at radius 1 is 1.17 bits per heavy atom. The highest BCUT2D eigenvalue weighted by molar-refractivity contribution is 8.00. The lowest BCUT2D eigenvalue weighted by atomic mass is 10.0. The van der Waals surface area contributed by atoms with E-state index in [1.54, 1.807) is 24.3 Å². The van der Waals surface area contributed by atoms with E-state index < -0.39 is 27.4 Å². The van der Waals surface area contributed by atoms with E-state index in [4.69, 9.17) is 4.18 Å². The van der Waals surface area contributed by atoms with Gasteiger partial charge in [0.1, 0.15) is 6.61 Å². The summed E-state index contributed by atoms with van der Waals surface area (Å²) in [5.74, 6) is -0.125. The summed E-state index contributed by atoms with van der Waals surface area (Å²) in [5.41, 5.74) is 2.14. The molecule has 1 aliphatic rings. The predicted molar refractivity (Wildman–Crippen MR) is 91.3 cm³/mol. The molecule has 1 N–H and O–H groups in total. The summed E-state index contributed by atoms with van der Waals surface area (Å²) in [6.07, 6.45) is 0. The molecule has 0 saturated carbocycles. The fraction of sp³-hybridized carbons (Fsp3) is 0.235. The highest BCUT2D eigenvalue weighted by atomic mass is 32.2. The molecule has 0 bridgehead atoms. The lowest BCUT2D eigenvalue weighted by Gasteiger charge is -2.30. The van der Waals surface area contributed by atoms with Gasteiger partial charge in [-0.1, -0.05) is 42.0 Å². The molecule has 0 fully saturated rings. The summed E-state index contributed by atoms with van der Waals surface area (Å²) in [6, 6.07) is 13.1. The van der Waals surface area contributed by atoms with Gasteiger partial charge in [0.25, 0.3) is 10.1 Å². The maximum Gasteiger partial charge on any atom is 0.297 e. The van der Waals surface area contributed by atoms with Crippen molar-refractivity contribution in [1.29, 1.82) is 0 Å². The molecule has 1 aliphatic heterocycles. The Morgan fingerprint density at radius 2 is 1.83 bits per heavy atom. The highest BCUT2D eigenvalue weighted by Crippen LogP contribution is 2.37. The molecule has 0 spiro atoms. The van der Waals surface area contributed by atoms with E-state index >= 15 is 0 Å². The largest absolute Gasteiger partial charge is 0.370 e. The maximum absolute atomic E-state index is 12.5. The minimum absolute atomic E-state index is 0.00893. The molecule has 0 aromatic heterocycles. The Kier molecular flexibility index (Phi) is 4.52. The quantitative estimate of drug-likeness (QED) is 0.840. The Hall–Kier alpha value is -1.67. The Morgan fingerprint density at radius 3 is 2.54 bits per heavy atom. The second-order valence-electron chi connectivity index (χ2n) is 5.59. The van der Waals surface area contributed by atoms with E-state index in [1.165, 1.54) is 12.1 Å². The van der Waals surface area contributed by atoms with Crippen LogP contribution in [0.2, 0.25) is 0 Å². The summed E-state index contributed by atoms with van der Waals surface area (Å²) in [4.78, 5) is 10.6. The average molecular weight is 364 g/mol. The molecule has 3 rings (SSSR count). The van der Waals surface area contributed by atoms with Crippen molar-refractivity contribution in [3.63, 3.8) is 0 Å². The van der Waals surface area contributed by atoms with Crippen molar-refractivity contribution in [2.24, 2.45) is 0 Å². The summed E-state index contributed by atoms with van der Waals surface area (Å²) in [7, 11) is -4.04. The molecule has 0 radical (unpaired) electrons. The maximum atomic E-state index is 12.5. The number of carbonyl (C=O) groups excluding carboxylic acids is 1. The third-order valence-electron chi connectivity index (χ3n) is 3.80. The van der Waals surface area contributed by atoms with Crippen LogP contribution in [0, 0.1) is 6.92 Å². The van der Waals surface area contributed by atoms with Crippen LogP contribution in [0.25, 0.3) is 0 Å². The first kappa shape index (κ1) is 17.2. The van der Waals surface area contributed by atoms with Crippen LogP contribution >= 0.6 is 11.8 Å². The van der Waals surface area contributed by atoms with Gasteiger partial charge in [-0.05, 0) is 24.6 Å². The Labute approximate surface area is 144 Å². The number of hydrogen-bond donors (Lipinski definition) is 1. The number of fused-ring (bicyclic) bond motifs is 1. The van der Waals surface area contributed by atoms with Gasteiger partial charge in [0.15, 0.2) is 4.93 Å². The third-order valence-corrected chi connectivity index (χ3v) is 6.32. The Bertz CT molecular complexity index is 874. The third kappa shape index (κ3) is 3.25. The molecule has 126 valence electrons. The van der Waals surface area contributed by atoms with Crippen molar-refractivity contribution >= 4 is 27.7 Å². The van der Waals surface area contributed by atoms with Crippen LogP contribution in [0.1, 0.15) is 21.5 Å². The number of carbonyl (C=O) groups is 1. The van der Waals surface area contributed by atoms with Crippen molar-refractivity contribution in [3.8, 4) is 0 Å². The molecule has 1 unspecified atom stereocenters. The molecule has 2 aromatic rings. The van der Waals surface area contributed by atoms with Crippen LogP contribution < -0.4 is 0 Å². The van der Waals surface area contributed by atoms with Gasteiger partial charge in [-0.3, -0.25) is 8.98 Å². The number of hydrogen-bond acceptors (Lipinski definition) is 6. The molecular weight excluding hydrogens is 348 g/mol. The number of ketones is 1. The topological polar surface area (TPSA) is 80.7 Å².